The van der Waals surface area contributed by atoms with Crippen LogP contribution < -0.4 is 5.32 Å². The molecule has 0 fully saturated rings. The number of rotatable bonds is 9. The van der Waals surface area contributed by atoms with Gasteiger partial charge in [0.05, 0.1) is 0 Å². The topological polar surface area (TPSA) is 15.3 Å². The third-order valence-electron chi connectivity index (χ3n) is 3.30. The van der Waals surface area contributed by atoms with Gasteiger partial charge in [0.15, 0.2) is 0 Å². The summed E-state index contributed by atoms with van der Waals surface area (Å²) < 4.78 is 0. The summed E-state index contributed by atoms with van der Waals surface area (Å²) in [6.07, 6.45) is 0. The van der Waals surface area contributed by atoms with Gasteiger partial charge in [0.2, 0.25) is 0 Å². The summed E-state index contributed by atoms with van der Waals surface area (Å²) in [5, 5.41) is 4.26. The zero-order chi connectivity index (χ0) is 15.0. The fourth-order valence-electron chi connectivity index (χ4n) is 1.91. The Morgan fingerprint density at radius 3 is 2.50 bits per heavy atom. The summed E-state index contributed by atoms with van der Waals surface area (Å²) in [6.45, 7) is 12.9. The lowest BCUT2D eigenvalue weighted by molar-refractivity contribution is 0.324. The number of hydrogen-bond donors (Lipinski definition) is 1. The van der Waals surface area contributed by atoms with Crippen LogP contribution in [0.15, 0.2) is 23.1 Å². The maximum absolute atomic E-state index is 6.35. The molecule has 0 atom stereocenters. The lowest BCUT2D eigenvalue weighted by Crippen LogP contribution is -2.25. The Balaban J connectivity index is 2.46. The first-order chi connectivity index (χ1) is 9.56. The number of halogens is 1. The maximum atomic E-state index is 6.35. The van der Waals surface area contributed by atoms with Crippen LogP contribution in [0.4, 0.5) is 0 Å². The molecule has 114 valence electrons. The van der Waals surface area contributed by atoms with Crippen LogP contribution in [-0.4, -0.2) is 36.3 Å². The Morgan fingerprint density at radius 2 is 1.95 bits per heavy atom. The number of hydrogen-bond acceptors (Lipinski definition) is 3. The monoisotopic (exact) mass is 314 g/mol. The smallest absolute Gasteiger partial charge is 0.0462 e. The Labute approximate surface area is 133 Å². The van der Waals surface area contributed by atoms with Gasteiger partial charge in [0, 0.05) is 34.8 Å². The minimum atomic E-state index is 0.481. The molecule has 0 radical (unpaired) electrons. The number of nitrogens with zero attached hydrogens (tertiary/aromatic N) is 1. The molecule has 1 N–H and O–H groups in total. The highest BCUT2D eigenvalue weighted by Gasteiger charge is 2.04. The average Bonchev–Trinajstić information content (AvgIpc) is 2.42. The molecular formula is C16H27ClN2S. The van der Waals surface area contributed by atoms with E-state index in [1.165, 1.54) is 10.5 Å². The van der Waals surface area contributed by atoms with Crippen LogP contribution in [-0.2, 0) is 6.54 Å². The van der Waals surface area contributed by atoms with Crippen LogP contribution in [0.1, 0.15) is 33.3 Å². The van der Waals surface area contributed by atoms with Gasteiger partial charge >= 0.3 is 0 Å². The summed E-state index contributed by atoms with van der Waals surface area (Å²) in [4.78, 5) is 3.70. The van der Waals surface area contributed by atoms with E-state index in [-0.39, 0.29) is 0 Å². The van der Waals surface area contributed by atoms with Crippen molar-refractivity contribution in [3.63, 3.8) is 0 Å². The third kappa shape index (κ3) is 6.49. The summed E-state index contributed by atoms with van der Waals surface area (Å²) in [7, 11) is 0. The number of benzene rings is 1. The van der Waals surface area contributed by atoms with E-state index in [9.17, 15) is 0 Å². The van der Waals surface area contributed by atoms with Gasteiger partial charge in [-0.25, -0.2) is 0 Å². The van der Waals surface area contributed by atoms with E-state index in [2.05, 4.69) is 56.1 Å². The number of thioether (sulfide) groups is 1. The Hall–Kier alpha value is -0.220. The molecule has 20 heavy (non-hydrogen) atoms. The molecule has 0 aliphatic heterocycles. The number of nitrogens with one attached hydrogen (secondary N) is 1. The summed E-state index contributed by atoms with van der Waals surface area (Å²) in [6, 6.07) is 6.88. The van der Waals surface area contributed by atoms with Crippen LogP contribution in [0.25, 0.3) is 0 Å². The normalized spacial score (nSPS) is 11.6. The van der Waals surface area contributed by atoms with Crippen LogP contribution in [0, 0.1) is 0 Å². The van der Waals surface area contributed by atoms with Crippen LogP contribution >= 0.6 is 23.4 Å². The predicted molar refractivity (Wildman–Crippen MR) is 91.9 cm³/mol. The molecule has 0 amide bonds. The van der Waals surface area contributed by atoms with Gasteiger partial charge in [0.25, 0.3) is 0 Å². The van der Waals surface area contributed by atoms with E-state index >= 15 is 0 Å². The minimum Gasteiger partial charge on any atom is -0.310 e. The molecular weight excluding hydrogens is 288 g/mol. The largest absolute Gasteiger partial charge is 0.310 e. The van der Waals surface area contributed by atoms with Gasteiger partial charge in [0.1, 0.15) is 0 Å². The van der Waals surface area contributed by atoms with Crippen molar-refractivity contribution in [2.24, 2.45) is 0 Å². The Bertz CT molecular complexity index is 392. The third-order valence-corrected chi connectivity index (χ3v) is 4.62. The van der Waals surface area contributed by atoms with Crippen molar-refractivity contribution < 1.29 is 0 Å². The van der Waals surface area contributed by atoms with Crippen molar-refractivity contribution >= 4 is 23.4 Å². The first kappa shape index (κ1) is 17.8. The van der Waals surface area contributed by atoms with E-state index < -0.39 is 0 Å². The van der Waals surface area contributed by atoms with Crippen molar-refractivity contribution in [3.05, 3.63) is 28.8 Å². The molecule has 0 unspecified atom stereocenters. The molecule has 0 heterocycles. The molecule has 1 aromatic carbocycles. The average molecular weight is 315 g/mol. The zero-order valence-corrected chi connectivity index (χ0v) is 14.7. The molecule has 0 aliphatic rings. The second-order valence-electron chi connectivity index (χ2n) is 5.16. The van der Waals surface area contributed by atoms with E-state index in [0.717, 1.165) is 37.0 Å². The summed E-state index contributed by atoms with van der Waals surface area (Å²) in [5.74, 6) is 1.11. The highest BCUT2D eigenvalue weighted by Crippen LogP contribution is 2.25. The van der Waals surface area contributed by atoms with E-state index in [4.69, 9.17) is 11.6 Å². The van der Waals surface area contributed by atoms with Gasteiger partial charge < -0.3 is 10.2 Å². The van der Waals surface area contributed by atoms with E-state index in [1.807, 2.05) is 11.8 Å². The fourth-order valence-corrected chi connectivity index (χ4v) is 3.17. The van der Waals surface area contributed by atoms with Crippen molar-refractivity contribution in [2.75, 3.05) is 25.4 Å². The molecule has 1 aromatic rings. The molecule has 0 spiro atoms. The SMILES string of the molecule is CCN(CC)CCSc1ccc(CNC(C)C)c(Cl)c1. The van der Waals surface area contributed by atoms with Gasteiger partial charge in [-0.1, -0.05) is 45.4 Å². The zero-order valence-electron chi connectivity index (χ0n) is 13.1. The van der Waals surface area contributed by atoms with Crippen molar-refractivity contribution in [3.8, 4) is 0 Å². The molecule has 0 saturated heterocycles. The van der Waals surface area contributed by atoms with Crippen LogP contribution in [0.2, 0.25) is 5.02 Å². The predicted octanol–water partition coefficient (Wildman–Crippen LogP) is 4.27. The quantitative estimate of drug-likeness (QED) is 0.685. The van der Waals surface area contributed by atoms with E-state index in [0.29, 0.717) is 6.04 Å². The first-order valence-corrected chi connectivity index (χ1v) is 8.80. The van der Waals surface area contributed by atoms with Gasteiger partial charge in [-0.05, 0) is 30.8 Å². The standard InChI is InChI=1S/C16H27ClN2S/c1-5-19(6-2)9-10-20-15-8-7-14(16(17)11-15)12-18-13(3)4/h7-8,11,13,18H,5-6,9-10,12H2,1-4H3. The first-order valence-electron chi connectivity index (χ1n) is 7.43. The van der Waals surface area contributed by atoms with Gasteiger partial charge in [-0.15, -0.1) is 11.8 Å². The molecule has 4 heteroatoms. The van der Waals surface area contributed by atoms with Gasteiger partial charge in [-0.2, -0.15) is 0 Å². The lowest BCUT2D eigenvalue weighted by Gasteiger charge is -2.17. The molecule has 0 aliphatic carbocycles. The molecule has 0 saturated carbocycles. The van der Waals surface area contributed by atoms with Crippen molar-refractivity contribution in [2.45, 2.75) is 45.2 Å². The highest BCUT2D eigenvalue weighted by atomic mass is 35.5. The molecule has 0 aromatic heterocycles. The van der Waals surface area contributed by atoms with Crippen LogP contribution in [0.3, 0.4) is 0 Å². The van der Waals surface area contributed by atoms with Crippen molar-refractivity contribution in [1.82, 2.24) is 10.2 Å². The minimum absolute atomic E-state index is 0.481. The maximum Gasteiger partial charge on any atom is 0.0462 e. The summed E-state index contributed by atoms with van der Waals surface area (Å²) >= 11 is 8.23. The highest BCUT2D eigenvalue weighted by molar-refractivity contribution is 7.99. The molecule has 0 bridgehead atoms. The summed E-state index contributed by atoms with van der Waals surface area (Å²) in [5.41, 5.74) is 1.17. The van der Waals surface area contributed by atoms with Crippen LogP contribution in [0.5, 0.6) is 0 Å². The Kier molecular flexibility index (Phi) is 8.62. The van der Waals surface area contributed by atoms with E-state index in [1.54, 1.807) is 0 Å². The lowest BCUT2D eigenvalue weighted by atomic mass is 10.2. The second kappa shape index (κ2) is 9.67. The Morgan fingerprint density at radius 1 is 1.25 bits per heavy atom. The van der Waals surface area contributed by atoms with Gasteiger partial charge in [-0.3, -0.25) is 0 Å². The van der Waals surface area contributed by atoms with Crippen molar-refractivity contribution in [1.29, 1.82) is 0 Å². The molecule has 2 nitrogen and oxygen atoms in total. The molecule has 1 rings (SSSR count). The second-order valence-corrected chi connectivity index (χ2v) is 6.74. The fraction of sp³-hybridized carbons (Fsp3) is 0.625.